The topological polar surface area (TPSA) is 40.5 Å². The maximum absolute atomic E-state index is 11.8. The molecule has 0 saturated heterocycles. The number of amides is 1. The van der Waals surface area contributed by atoms with Gasteiger partial charge in [0.15, 0.2) is 0 Å². The number of fused-ring (bicyclic) bond motifs is 1. The molecule has 0 aliphatic carbocycles. The Morgan fingerprint density at radius 3 is 3.06 bits per heavy atom. The van der Waals surface area contributed by atoms with Gasteiger partial charge in [-0.15, -0.1) is 11.8 Å². The molecule has 2 rings (SSSR count). The first-order chi connectivity index (χ1) is 7.72. The highest BCUT2D eigenvalue weighted by atomic mass is 79.9. The third-order valence-electron chi connectivity index (χ3n) is 2.40. The molecule has 1 aromatic carbocycles. The van der Waals surface area contributed by atoms with E-state index in [1.54, 1.807) is 16.7 Å². The minimum atomic E-state index is 0.114. The molecule has 0 bridgehead atoms. The summed E-state index contributed by atoms with van der Waals surface area (Å²) in [6.07, 6.45) is 0.617. The molecule has 5 heteroatoms. The highest BCUT2D eigenvalue weighted by molar-refractivity contribution is 9.10. The van der Waals surface area contributed by atoms with Crippen LogP contribution < -0.4 is 4.90 Å². The van der Waals surface area contributed by atoms with E-state index in [1.165, 1.54) is 0 Å². The Labute approximate surface area is 107 Å². The molecule has 0 fully saturated rings. The predicted octanol–water partition coefficient (Wildman–Crippen LogP) is 2.27. The highest BCUT2D eigenvalue weighted by Gasteiger charge is 2.24. The fraction of sp³-hybridized carbons (Fsp3) is 0.364. The minimum absolute atomic E-state index is 0.114. The van der Waals surface area contributed by atoms with Gasteiger partial charge in [-0.25, -0.2) is 0 Å². The second-order valence-corrected chi connectivity index (χ2v) is 5.46. The van der Waals surface area contributed by atoms with Crippen LogP contribution in [0.2, 0.25) is 0 Å². The van der Waals surface area contributed by atoms with Crippen molar-refractivity contribution in [2.75, 3.05) is 23.8 Å². The predicted molar refractivity (Wildman–Crippen MR) is 68.9 cm³/mol. The molecule has 1 amide bonds. The summed E-state index contributed by atoms with van der Waals surface area (Å²) in [4.78, 5) is 14.6. The molecule has 0 aromatic heterocycles. The monoisotopic (exact) mass is 301 g/mol. The van der Waals surface area contributed by atoms with Crippen LogP contribution in [0.15, 0.2) is 27.6 Å². The van der Waals surface area contributed by atoms with Crippen LogP contribution in [0, 0.1) is 0 Å². The zero-order chi connectivity index (χ0) is 11.5. The number of benzene rings is 1. The molecule has 3 nitrogen and oxygen atoms in total. The van der Waals surface area contributed by atoms with Crippen LogP contribution in [0.5, 0.6) is 0 Å². The van der Waals surface area contributed by atoms with Crippen molar-refractivity contribution < 1.29 is 9.90 Å². The van der Waals surface area contributed by atoms with E-state index in [4.69, 9.17) is 5.11 Å². The quantitative estimate of drug-likeness (QED) is 0.931. The summed E-state index contributed by atoms with van der Waals surface area (Å²) in [7, 11) is 0. The SMILES string of the molecule is O=C1CSc2cc(Br)ccc2N1CCCO. The number of carbonyl (C=O) groups is 1. The van der Waals surface area contributed by atoms with Crippen LogP contribution in [0.3, 0.4) is 0 Å². The van der Waals surface area contributed by atoms with E-state index in [-0.39, 0.29) is 12.5 Å². The van der Waals surface area contributed by atoms with Crippen molar-refractivity contribution >= 4 is 39.3 Å². The van der Waals surface area contributed by atoms with E-state index in [2.05, 4.69) is 15.9 Å². The zero-order valence-corrected chi connectivity index (χ0v) is 11.1. The average molecular weight is 302 g/mol. The van der Waals surface area contributed by atoms with Gasteiger partial charge in [-0.05, 0) is 24.6 Å². The molecule has 0 radical (unpaired) electrons. The van der Waals surface area contributed by atoms with Crippen molar-refractivity contribution in [3.63, 3.8) is 0 Å². The van der Waals surface area contributed by atoms with E-state index in [0.717, 1.165) is 15.1 Å². The number of hydrogen-bond donors (Lipinski definition) is 1. The standard InChI is InChI=1S/C11H12BrNO2S/c12-8-2-3-9-10(6-8)16-7-11(15)13(9)4-1-5-14/h2-3,6,14H,1,4-5,7H2. The lowest BCUT2D eigenvalue weighted by atomic mass is 10.2. The molecule has 1 aliphatic rings. The number of hydrogen-bond acceptors (Lipinski definition) is 3. The van der Waals surface area contributed by atoms with E-state index in [0.29, 0.717) is 18.7 Å². The Morgan fingerprint density at radius 1 is 1.50 bits per heavy atom. The molecule has 16 heavy (non-hydrogen) atoms. The molecule has 1 aromatic rings. The largest absolute Gasteiger partial charge is 0.396 e. The van der Waals surface area contributed by atoms with E-state index >= 15 is 0 Å². The van der Waals surface area contributed by atoms with E-state index < -0.39 is 0 Å². The van der Waals surface area contributed by atoms with Crippen LogP contribution in [0.1, 0.15) is 6.42 Å². The van der Waals surface area contributed by atoms with Crippen LogP contribution >= 0.6 is 27.7 Å². The summed E-state index contributed by atoms with van der Waals surface area (Å²) in [6, 6.07) is 5.91. The Kier molecular flexibility index (Phi) is 3.89. The van der Waals surface area contributed by atoms with Crippen molar-refractivity contribution in [3.8, 4) is 0 Å². The van der Waals surface area contributed by atoms with Crippen molar-refractivity contribution in [1.82, 2.24) is 0 Å². The second kappa shape index (κ2) is 5.21. The van der Waals surface area contributed by atoms with Gasteiger partial charge >= 0.3 is 0 Å². The molecular weight excluding hydrogens is 290 g/mol. The summed E-state index contributed by atoms with van der Waals surface area (Å²) in [5, 5.41) is 8.82. The lowest BCUT2D eigenvalue weighted by molar-refractivity contribution is -0.116. The summed E-state index contributed by atoms with van der Waals surface area (Å²) in [6.45, 7) is 0.702. The van der Waals surface area contributed by atoms with Crippen molar-refractivity contribution in [3.05, 3.63) is 22.7 Å². The van der Waals surface area contributed by atoms with Gasteiger partial charge in [-0.1, -0.05) is 15.9 Å². The summed E-state index contributed by atoms with van der Waals surface area (Å²) >= 11 is 4.99. The molecular formula is C11H12BrNO2S. The number of rotatable bonds is 3. The number of anilines is 1. The highest BCUT2D eigenvalue weighted by Crippen LogP contribution is 2.37. The van der Waals surface area contributed by atoms with Crippen LogP contribution in [-0.2, 0) is 4.79 Å². The second-order valence-electron chi connectivity index (χ2n) is 3.52. The first kappa shape index (κ1) is 12.0. The van der Waals surface area contributed by atoms with Crippen molar-refractivity contribution in [2.24, 2.45) is 0 Å². The fourth-order valence-corrected chi connectivity index (χ4v) is 3.14. The van der Waals surface area contributed by atoms with Crippen LogP contribution in [-0.4, -0.2) is 29.9 Å². The summed E-state index contributed by atoms with van der Waals surface area (Å²) in [5.74, 6) is 0.600. The summed E-state index contributed by atoms with van der Waals surface area (Å²) < 4.78 is 1.02. The van der Waals surface area contributed by atoms with Crippen LogP contribution in [0.4, 0.5) is 5.69 Å². The number of thioether (sulfide) groups is 1. The average Bonchev–Trinajstić information content (AvgIpc) is 2.28. The maximum Gasteiger partial charge on any atom is 0.237 e. The lowest BCUT2D eigenvalue weighted by Gasteiger charge is -2.28. The molecule has 1 heterocycles. The number of carbonyl (C=O) groups excluding carboxylic acids is 1. The molecule has 0 unspecified atom stereocenters. The smallest absolute Gasteiger partial charge is 0.237 e. The maximum atomic E-state index is 11.8. The van der Waals surface area contributed by atoms with Gasteiger partial charge in [-0.2, -0.15) is 0 Å². The third kappa shape index (κ3) is 2.42. The number of aliphatic hydroxyl groups is 1. The van der Waals surface area contributed by atoms with Crippen molar-refractivity contribution in [2.45, 2.75) is 11.3 Å². The fourth-order valence-electron chi connectivity index (χ4n) is 1.65. The lowest BCUT2D eigenvalue weighted by Crippen LogP contribution is -2.36. The van der Waals surface area contributed by atoms with E-state index in [9.17, 15) is 4.79 Å². The molecule has 1 N–H and O–H groups in total. The number of halogens is 1. The molecule has 0 spiro atoms. The normalized spacial score (nSPS) is 15.1. The Hall–Kier alpha value is -0.520. The van der Waals surface area contributed by atoms with Crippen molar-refractivity contribution in [1.29, 1.82) is 0 Å². The first-order valence-corrected chi connectivity index (χ1v) is 6.84. The molecule has 1 aliphatic heterocycles. The third-order valence-corrected chi connectivity index (χ3v) is 3.93. The van der Waals surface area contributed by atoms with Gasteiger partial charge in [0.1, 0.15) is 0 Å². The van der Waals surface area contributed by atoms with Gasteiger partial charge < -0.3 is 10.0 Å². The van der Waals surface area contributed by atoms with Gasteiger partial charge in [-0.3, -0.25) is 4.79 Å². The Morgan fingerprint density at radius 2 is 2.31 bits per heavy atom. The molecule has 0 atom stereocenters. The number of aliphatic hydroxyl groups excluding tert-OH is 1. The van der Waals surface area contributed by atoms with Crippen LogP contribution in [0.25, 0.3) is 0 Å². The van der Waals surface area contributed by atoms with Gasteiger partial charge in [0.25, 0.3) is 0 Å². The number of nitrogens with zero attached hydrogens (tertiary/aromatic N) is 1. The zero-order valence-electron chi connectivity index (χ0n) is 8.65. The Bertz CT molecular complexity index is 411. The first-order valence-electron chi connectivity index (χ1n) is 5.06. The minimum Gasteiger partial charge on any atom is -0.396 e. The van der Waals surface area contributed by atoms with E-state index in [1.807, 2.05) is 18.2 Å². The van der Waals surface area contributed by atoms with Gasteiger partial charge in [0.05, 0.1) is 11.4 Å². The summed E-state index contributed by atoms with van der Waals surface area (Å²) in [5.41, 5.74) is 0.956. The Balaban J connectivity index is 2.29. The van der Waals surface area contributed by atoms with Gasteiger partial charge in [0, 0.05) is 22.5 Å². The van der Waals surface area contributed by atoms with Gasteiger partial charge in [0.2, 0.25) is 5.91 Å². The molecule has 86 valence electrons. The molecule has 0 saturated carbocycles.